The smallest absolute Gasteiger partial charge is 0.378 e. The summed E-state index contributed by atoms with van der Waals surface area (Å²) in [6.07, 6.45) is 0. The van der Waals surface area contributed by atoms with Crippen LogP contribution in [0.3, 0.4) is 0 Å². The molecule has 17 heavy (non-hydrogen) atoms. The van der Waals surface area contributed by atoms with E-state index >= 15 is 0 Å². The molecule has 1 atom stereocenters. The number of alkyl halides is 2. The molecule has 1 aromatic rings. The van der Waals surface area contributed by atoms with Gasteiger partial charge in [-0.15, -0.1) is 0 Å². The molecule has 0 aliphatic rings. The van der Waals surface area contributed by atoms with Gasteiger partial charge in [0.15, 0.2) is 5.60 Å². The minimum absolute atomic E-state index is 0.203. The van der Waals surface area contributed by atoms with Crippen molar-refractivity contribution in [3.8, 4) is 5.75 Å². The Morgan fingerprint density at radius 3 is 2.12 bits per heavy atom. The summed E-state index contributed by atoms with van der Waals surface area (Å²) in [7, 11) is 1.40. The van der Waals surface area contributed by atoms with Gasteiger partial charge < -0.3 is 14.9 Å². The summed E-state index contributed by atoms with van der Waals surface area (Å²) >= 11 is 0. The number of ether oxygens (including phenoxy) is 1. The molecule has 1 rings (SSSR count). The fraction of sp³-hybridized carbons (Fsp3) is 0.364. The lowest BCUT2D eigenvalue weighted by molar-refractivity contribution is -0.207. The van der Waals surface area contributed by atoms with Crippen molar-refractivity contribution in [1.82, 2.24) is 0 Å². The van der Waals surface area contributed by atoms with Crippen molar-refractivity contribution in [3.63, 3.8) is 0 Å². The largest absolute Gasteiger partial charge is 0.497 e. The zero-order valence-corrected chi connectivity index (χ0v) is 9.28. The van der Waals surface area contributed by atoms with Gasteiger partial charge in [0.1, 0.15) is 5.75 Å². The van der Waals surface area contributed by atoms with Crippen LogP contribution in [0.15, 0.2) is 24.3 Å². The van der Waals surface area contributed by atoms with Gasteiger partial charge in [-0.1, -0.05) is 12.1 Å². The highest BCUT2D eigenvalue weighted by Crippen LogP contribution is 2.38. The number of methoxy groups -OCH3 is 1. The van der Waals surface area contributed by atoms with Crippen LogP contribution in [0.4, 0.5) is 8.78 Å². The number of carboxylic acid groups (broad SMARTS) is 1. The third-order valence-corrected chi connectivity index (χ3v) is 2.53. The van der Waals surface area contributed by atoms with Crippen LogP contribution in [0.2, 0.25) is 0 Å². The molecule has 4 nitrogen and oxygen atoms in total. The first-order chi connectivity index (χ1) is 7.73. The molecule has 6 heteroatoms. The number of halogens is 2. The second-order valence-corrected chi connectivity index (χ2v) is 3.68. The summed E-state index contributed by atoms with van der Waals surface area (Å²) in [5.41, 5.74) is -2.99. The fourth-order valence-corrected chi connectivity index (χ4v) is 1.31. The van der Waals surface area contributed by atoms with E-state index in [1.165, 1.54) is 31.4 Å². The molecule has 1 aromatic carbocycles. The SMILES string of the molecule is COc1ccc(C(C)(O)C(F)(F)C(=O)O)cc1. The second kappa shape index (κ2) is 4.29. The lowest BCUT2D eigenvalue weighted by Gasteiger charge is -2.29. The number of aliphatic hydroxyl groups is 1. The molecule has 0 saturated heterocycles. The zero-order chi connectivity index (χ0) is 13.3. The molecule has 0 aromatic heterocycles. The Kier molecular flexibility index (Phi) is 3.38. The minimum Gasteiger partial charge on any atom is -0.497 e. The Bertz CT molecular complexity index is 412. The molecule has 0 radical (unpaired) electrons. The van der Waals surface area contributed by atoms with Crippen molar-refractivity contribution in [2.24, 2.45) is 0 Å². The molecule has 0 spiro atoms. The molecule has 0 bridgehead atoms. The van der Waals surface area contributed by atoms with Gasteiger partial charge in [-0.25, -0.2) is 4.79 Å². The van der Waals surface area contributed by atoms with Gasteiger partial charge >= 0.3 is 11.9 Å². The van der Waals surface area contributed by atoms with Crippen LogP contribution in [0.5, 0.6) is 5.75 Å². The highest BCUT2D eigenvalue weighted by Gasteiger charge is 2.56. The first-order valence-electron chi connectivity index (χ1n) is 4.71. The third kappa shape index (κ3) is 2.21. The molecule has 0 amide bonds. The summed E-state index contributed by atoms with van der Waals surface area (Å²) in [5.74, 6) is -6.23. The molecule has 0 heterocycles. The maximum absolute atomic E-state index is 13.3. The Labute approximate surface area is 96.5 Å². The lowest BCUT2D eigenvalue weighted by Crippen LogP contribution is -2.48. The van der Waals surface area contributed by atoms with Crippen LogP contribution >= 0.6 is 0 Å². The van der Waals surface area contributed by atoms with E-state index < -0.39 is 17.5 Å². The minimum atomic E-state index is -4.28. The first-order valence-corrected chi connectivity index (χ1v) is 4.71. The van der Waals surface area contributed by atoms with Crippen molar-refractivity contribution in [1.29, 1.82) is 0 Å². The molecule has 2 N–H and O–H groups in total. The molecule has 0 saturated carbocycles. The van der Waals surface area contributed by atoms with E-state index in [2.05, 4.69) is 0 Å². The Balaban J connectivity index is 3.16. The number of rotatable bonds is 4. The van der Waals surface area contributed by atoms with Crippen molar-refractivity contribution < 1.29 is 28.5 Å². The van der Waals surface area contributed by atoms with E-state index in [-0.39, 0.29) is 5.56 Å². The maximum atomic E-state index is 13.3. The second-order valence-electron chi connectivity index (χ2n) is 3.68. The van der Waals surface area contributed by atoms with Crippen LogP contribution in [0.25, 0.3) is 0 Å². The molecular weight excluding hydrogens is 234 g/mol. The first kappa shape index (κ1) is 13.4. The van der Waals surface area contributed by atoms with Crippen molar-refractivity contribution >= 4 is 5.97 Å². The van der Waals surface area contributed by atoms with E-state index in [9.17, 15) is 18.7 Å². The van der Waals surface area contributed by atoms with Crippen molar-refractivity contribution in [2.45, 2.75) is 18.4 Å². The third-order valence-electron chi connectivity index (χ3n) is 2.53. The predicted octanol–water partition coefficient (Wildman–Crippen LogP) is 1.62. The van der Waals surface area contributed by atoms with E-state index in [1.54, 1.807) is 0 Å². The summed E-state index contributed by atoms with van der Waals surface area (Å²) in [4.78, 5) is 10.4. The summed E-state index contributed by atoms with van der Waals surface area (Å²) in [6, 6.07) is 5.11. The Hall–Kier alpha value is -1.69. The van der Waals surface area contributed by atoms with Gasteiger partial charge in [0.05, 0.1) is 7.11 Å². The Morgan fingerprint density at radius 2 is 1.76 bits per heavy atom. The number of hydrogen-bond acceptors (Lipinski definition) is 3. The highest BCUT2D eigenvalue weighted by molar-refractivity contribution is 5.77. The molecular formula is C11H12F2O4. The van der Waals surface area contributed by atoms with Crippen LogP contribution in [-0.2, 0) is 10.4 Å². The maximum Gasteiger partial charge on any atom is 0.378 e. The monoisotopic (exact) mass is 246 g/mol. The van der Waals surface area contributed by atoms with Gasteiger partial charge in [0, 0.05) is 0 Å². The molecule has 94 valence electrons. The van der Waals surface area contributed by atoms with Crippen LogP contribution < -0.4 is 4.74 Å². The summed E-state index contributed by atoms with van der Waals surface area (Å²) in [6.45, 7) is 0.753. The van der Waals surface area contributed by atoms with Gasteiger partial charge in [0.25, 0.3) is 0 Å². The van der Waals surface area contributed by atoms with Crippen LogP contribution in [-0.4, -0.2) is 29.2 Å². The predicted molar refractivity (Wildman–Crippen MR) is 55.1 cm³/mol. The van der Waals surface area contributed by atoms with Gasteiger partial charge in [0.2, 0.25) is 0 Å². The number of carbonyl (C=O) groups is 1. The van der Waals surface area contributed by atoms with E-state index in [1.807, 2.05) is 0 Å². The van der Waals surface area contributed by atoms with E-state index in [4.69, 9.17) is 9.84 Å². The number of benzene rings is 1. The summed E-state index contributed by atoms with van der Waals surface area (Å²) < 4.78 is 31.5. The Morgan fingerprint density at radius 1 is 1.29 bits per heavy atom. The average molecular weight is 246 g/mol. The molecule has 0 fully saturated rings. The van der Waals surface area contributed by atoms with Gasteiger partial charge in [-0.3, -0.25) is 0 Å². The standard InChI is InChI=1S/C11H12F2O4/c1-10(16,11(12,13)9(14)15)7-3-5-8(17-2)6-4-7/h3-6,16H,1-2H3,(H,14,15). The quantitative estimate of drug-likeness (QED) is 0.847. The van der Waals surface area contributed by atoms with Crippen LogP contribution in [0.1, 0.15) is 12.5 Å². The highest BCUT2D eigenvalue weighted by atomic mass is 19.3. The fourth-order valence-electron chi connectivity index (χ4n) is 1.31. The summed E-state index contributed by atoms with van der Waals surface area (Å²) in [5, 5.41) is 18.1. The molecule has 0 aliphatic heterocycles. The van der Waals surface area contributed by atoms with E-state index in [0.29, 0.717) is 5.75 Å². The normalized spacial score (nSPS) is 15.1. The number of carboxylic acids is 1. The molecule has 0 aliphatic carbocycles. The average Bonchev–Trinajstić information content (AvgIpc) is 2.28. The lowest BCUT2D eigenvalue weighted by atomic mass is 9.89. The number of hydrogen-bond donors (Lipinski definition) is 2. The van der Waals surface area contributed by atoms with Gasteiger partial charge in [-0.05, 0) is 24.6 Å². The van der Waals surface area contributed by atoms with Crippen molar-refractivity contribution in [2.75, 3.05) is 7.11 Å². The number of aliphatic carboxylic acids is 1. The molecule has 1 unspecified atom stereocenters. The zero-order valence-electron chi connectivity index (χ0n) is 9.28. The van der Waals surface area contributed by atoms with Gasteiger partial charge in [-0.2, -0.15) is 8.78 Å². The topological polar surface area (TPSA) is 66.8 Å². The van der Waals surface area contributed by atoms with Crippen molar-refractivity contribution in [3.05, 3.63) is 29.8 Å². The van der Waals surface area contributed by atoms with E-state index in [0.717, 1.165) is 6.92 Å². The van der Waals surface area contributed by atoms with Crippen LogP contribution in [0, 0.1) is 0 Å².